The van der Waals surface area contributed by atoms with Crippen LogP contribution >= 0.6 is 23.2 Å². The number of ether oxygens (including phenoxy) is 1. The van der Waals surface area contributed by atoms with Crippen LogP contribution in [0.2, 0.25) is 5.02 Å². The zero-order chi connectivity index (χ0) is 29.2. The molecular formula is C27H18Cl2F3N3O5. The molecule has 0 unspecified atom stereocenters. The Morgan fingerprint density at radius 3 is 2.25 bits per heavy atom. The normalized spacial score (nSPS) is 13.5. The molecule has 3 amide bonds. The third-order valence-corrected chi connectivity index (χ3v) is 6.27. The average Bonchev–Trinajstić information content (AvgIpc) is 3.12. The van der Waals surface area contributed by atoms with E-state index in [-0.39, 0.29) is 40.5 Å². The number of carbonyl (C=O) groups excluding carboxylic acids is 4. The molecule has 3 aromatic carbocycles. The molecule has 8 nitrogen and oxygen atoms in total. The van der Waals surface area contributed by atoms with Gasteiger partial charge in [-0.15, -0.1) is 0 Å². The number of hydrogen-bond acceptors (Lipinski definition) is 6. The van der Waals surface area contributed by atoms with Crippen molar-refractivity contribution in [3.63, 3.8) is 0 Å². The molecule has 0 saturated carbocycles. The van der Waals surface area contributed by atoms with Gasteiger partial charge in [0.2, 0.25) is 0 Å². The predicted octanol–water partition coefficient (Wildman–Crippen LogP) is 6.22. The number of nitrogens with zero attached hydrogens (tertiary/aromatic N) is 1. The number of benzene rings is 3. The average molecular weight is 592 g/mol. The van der Waals surface area contributed by atoms with Crippen LogP contribution in [0.1, 0.15) is 33.2 Å². The van der Waals surface area contributed by atoms with Crippen LogP contribution in [0, 0.1) is 0 Å². The minimum atomic E-state index is -4.71. The lowest BCUT2D eigenvalue weighted by Gasteiger charge is -2.15. The molecule has 0 aromatic heterocycles. The fraction of sp³-hybridized carbons (Fsp3) is 0.111. The Bertz CT molecular complexity index is 1560. The molecule has 0 fully saturated rings. The number of alkyl halides is 3. The Labute approximate surface area is 235 Å². The number of nitrogens with one attached hydrogen (secondary N) is 2. The Hall–Kier alpha value is -4.35. The second-order valence-corrected chi connectivity index (χ2v) is 9.04. The SMILES string of the molecule is CCOC(=O)c1ccc(N2C(=O)C(Cl)=C(Nc3cccc(C(=O)Nc4ccc(Cl)c(C(F)(F)F)c4)c3)C2=O)cc1. The first-order valence-electron chi connectivity index (χ1n) is 11.5. The molecule has 13 heteroatoms. The summed E-state index contributed by atoms with van der Waals surface area (Å²) in [7, 11) is 0. The molecule has 3 aromatic rings. The summed E-state index contributed by atoms with van der Waals surface area (Å²) in [5, 5.41) is 4.17. The van der Waals surface area contributed by atoms with E-state index in [1.165, 1.54) is 54.6 Å². The van der Waals surface area contributed by atoms with Gasteiger partial charge in [0, 0.05) is 16.9 Å². The minimum absolute atomic E-state index is 0.0356. The molecule has 4 rings (SSSR count). The first-order valence-corrected chi connectivity index (χ1v) is 12.3. The van der Waals surface area contributed by atoms with E-state index < -0.39 is 45.5 Å². The van der Waals surface area contributed by atoms with Crippen LogP contribution in [0.4, 0.5) is 30.2 Å². The smallest absolute Gasteiger partial charge is 0.417 e. The van der Waals surface area contributed by atoms with E-state index in [4.69, 9.17) is 27.9 Å². The summed E-state index contributed by atoms with van der Waals surface area (Å²) in [6.07, 6.45) is -4.71. The summed E-state index contributed by atoms with van der Waals surface area (Å²) in [5.41, 5.74) is -0.869. The number of halogens is 5. The first-order chi connectivity index (χ1) is 18.9. The maximum absolute atomic E-state index is 13.1. The van der Waals surface area contributed by atoms with Crippen LogP contribution in [0.3, 0.4) is 0 Å². The molecule has 1 aliphatic heterocycles. The highest BCUT2D eigenvalue weighted by molar-refractivity contribution is 6.53. The highest BCUT2D eigenvalue weighted by atomic mass is 35.5. The maximum Gasteiger partial charge on any atom is 0.417 e. The summed E-state index contributed by atoms with van der Waals surface area (Å²) in [6.45, 7) is 1.84. The zero-order valence-corrected chi connectivity index (χ0v) is 21.9. The van der Waals surface area contributed by atoms with Crippen molar-refractivity contribution in [3.05, 3.63) is 99.2 Å². The lowest BCUT2D eigenvalue weighted by Crippen LogP contribution is -2.32. The number of anilines is 3. The highest BCUT2D eigenvalue weighted by Crippen LogP contribution is 2.36. The van der Waals surface area contributed by atoms with Crippen molar-refractivity contribution >= 4 is 64.0 Å². The van der Waals surface area contributed by atoms with Crippen molar-refractivity contribution in [2.75, 3.05) is 22.1 Å². The molecule has 0 aliphatic carbocycles. The number of rotatable bonds is 7. The number of amides is 3. The van der Waals surface area contributed by atoms with Gasteiger partial charge in [-0.3, -0.25) is 14.4 Å². The number of hydrogen-bond donors (Lipinski definition) is 2. The van der Waals surface area contributed by atoms with Gasteiger partial charge in [-0.2, -0.15) is 13.2 Å². The largest absolute Gasteiger partial charge is 0.462 e. The standard InChI is InChI=1S/C27H18Cl2F3N3O5/c1-2-40-26(39)14-6-9-18(10-7-14)35-24(37)21(29)22(25(35)38)33-16-5-3-4-15(12-16)23(36)34-17-8-11-20(28)19(13-17)27(30,31)32/h3-13,33H,2H2,1H3,(H,34,36). The van der Waals surface area contributed by atoms with Gasteiger partial charge >= 0.3 is 12.1 Å². The lowest BCUT2D eigenvalue weighted by molar-refractivity contribution is -0.137. The molecule has 1 heterocycles. The molecule has 0 spiro atoms. The maximum atomic E-state index is 13.1. The predicted molar refractivity (Wildman–Crippen MR) is 142 cm³/mol. The second kappa shape index (κ2) is 11.4. The molecule has 0 atom stereocenters. The molecule has 2 N–H and O–H groups in total. The van der Waals surface area contributed by atoms with Gasteiger partial charge in [0.15, 0.2) is 0 Å². The van der Waals surface area contributed by atoms with Crippen LogP contribution in [-0.4, -0.2) is 30.3 Å². The van der Waals surface area contributed by atoms with E-state index in [1.807, 2.05) is 0 Å². The Morgan fingerprint density at radius 2 is 1.60 bits per heavy atom. The topological polar surface area (TPSA) is 105 Å². The first kappa shape index (κ1) is 28.7. The minimum Gasteiger partial charge on any atom is -0.462 e. The quantitative estimate of drug-likeness (QED) is 0.249. The monoisotopic (exact) mass is 591 g/mol. The number of carbonyl (C=O) groups is 4. The van der Waals surface area contributed by atoms with Gasteiger partial charge in [0.05, 0.1) is 28.4 Å². The van der Waals surface area contributed by atoms with Gasteiger partial charge in [-0.05, 0) is 67.6 Å². The van der Waals surface area contributed by atoms with Gasteiger partial charge in [0.1, 0.15) is 10.7 Å². The van der Waals surface area contributed by atoms with Crippen molar-refractivity contribution in [2.45, 2.75) is 13.1 Å². The fourth-order valence-corrected chi connectivity index (χ4v) is 4.15. The molecule has 0 bridgehead atoms. The summed E-state index contributed by atoms with van der Waals surface area (Å²) >= 11 is 11.8. The van der Waals surface area contributed by atoms with Crippen molar-refractivity contribution in [1.29, 1.82) is 0 Å². The van der Waals surface area contributed by atoms with Crippen LogP contribution in [0.5, 0.6) is 0 Å². The van der Waals surface area contributed by atoms with Crippen molar-refractivity contribution in [1.82, 2.24) is 0 Å². The molecule has 0 radical (unpaired) electrons. The number of imide groups is 1. The summed E-state index contributed by atoms with van der Waals surface area (Å²) in [5.74, 6) is -2.89. The second-order valence-electron chi connectivity index (χ2n) is 8.25. The van der Waals surface area contributed by atoms with E-state index >= 15 is 0 Å². The Morgan fingerprint density at radius 1 is 0.900 bits per heavy atom. The van der Waals surface area contributed by atoms with Crippen LogP contribution in [0.15, 0.2) is 77.5 Å². The van der Waals surface area contributed by atoms with Crippen LogP contribution in [0.25, 0.3) is 0 Å². The molecule has 40 heavy (non-hydrogen) atoms. The van der Waals surface area contributed by atoms with Gasteiger partial charge in [-0.25, -0.2) is 9.69 Å². The lowest BCUT2D eigenvalue weighted by atomic mass is 10.1. The van der Waals surface area contributed by atoms with Gasteiger partial charge in [-0.1, -0.05) is 29.3 Å². The summed E-state index contributed by atoms with van der Waals surface area (Å²) in [6, 6.07) is 14.2. The highest BCUT2D eigenvalue weighted by Gasteiger charge is 2.39. The number of esters is 1. The van der Waals surface area contributed by atoms with E-state index in [2.05, 4.69) is 10.6 Å². The third kappa shape index (κ3) is 5.95. The molecule has 1 aliphatic rings. The summed E-state index contributed by atoms with van der Waals surface area (Å²) in [4.78, 5) is 51.3. The van der Waals surface area contributed by atoms with E-state index in [0.717, 1.165) is 11.0 Å². The van der Waals surface area contributed by atoms with Crippen LogP contribution in [-0.2, 0) is 20.5 Å². The van der Waals surface area contributed by atoms with E-state index in [0.29, 0.717) is 6.07 Å². The van der Waals surface area contributed by atoms with Crippen LogP contribution < -0.4 is 15.5 Å². The van der Waals surface area contributed by atoms with Gasteiger partial charge < -0.3 is 15.4 Å². The Balaban J connectivity index is 1.50. The van der Waals surface area contributed by atoms with E-state index in [9.17, 15) is 32.3 Å². The van der Waals surface area contributed by atoms with Crippen molar-refractivity contribution in [2.24, 2.45) is 0 Å². The van der Waals surface area contributed by atoms with Crippen molar-refractivity contribution < 1.29 is 37.1 Å². The zero-order valence-electron chi connectivity index (χ0n) is 20.4. The fourth-order valence-electron chi connectivity index (χ4n) is 3.71. The molecular weight excluding hydrogens is 574 g/mol. The van der Waals surface area contributed by atoms with E-state index in [1.54, 1.807) is 6.92 Å². The Kier molecular flexibility index (Phi) is 8.17. The van der Waals surface area contributed by atoms with Gasteiger partial charge in [0.25, 0.3) is 17.7 Å². The molecule has 0 saturated heterocycles. The summed E-state index contributed by atoms with van der Waals surface area (Å²) < 4.78 is 44.4. The molecule has 206 valence electrons. The third-order valence-electron chi connectivity index (χ3n) is 5.59. The van der Waals surface area contributed by atoms with Crippen molar-refractivity contribution in [3.8, 4) is 0 Å².